The van der Waals surface area contributed by atoms with Crippen molar-refractivity contribution >= 4 is 40.2 Å². The van der Waals surface area contributed by atoms with Crippen molar-refractivity contribution in [2.75, 3.05) is 7.11 Å². The molecule has 1 aromatic heterocycles. The van der Waals surface area contributed by atoms with Crippen LogP contribution < -0.4 is 5.56 Å². The molecule has 0 saturated heterocycles. The number of phenols is 3. The van der Waals surface area contributed by atoms with Crippen LogP contribution >= 0.6 is 0 Å². The molecular weight excluding hydrogens is 498 g/mol. The third-order valence-corrected chi connectivity index (χ3v) is 7.69. The van der Waals surface area contributed by atoms with Gasteiger partial charge in [0, 0.05) is 23.6 Å². The highest BCUT2D eigenvalue weighted by molar-refractivity contribution is 6.31. The Morgan fingerprint density at radius 1 is 0.974 bits per heavy atom. The minimum atomic E-state index is -2.02. The minimum Gasteiger partial charge on any atom is -0.507 e. The molecule has 1 atom stereocenters. The SMILES string of the molecule is COC1=CC(=O)c2c(O)c3c(c(O)c2C1=O)C(=O)C1(CCc2cc4cc(C=O)[nH]c(=O)c4c(O)c21)C(=O)C3. The van der Waals surface area contributed by atoms with Gasteiger partial charge in [-0.1, -0.05) is 6.07 Å². The number of aryl methyl sites for hydroxylation is 1. The van der Waals surface area contributed by atoms with E-state index < -0.39 is 80.2 Å². The van der Waals surface area contributed by atoms with Gasteiger partial charge in [0.05, 0.1) is 34.9 Å². The number of hydrogen-bond acceptors (Lipinski definition) is 10. The summed E-state index contributed by atoms with van der Waals surface area (Å²) in [5.74, 6) is -6.16. The van der Waals surface area contributed by atoms with Gasteiger partial charge in [-0.05, 0) is 29.9 Å². The molecule has 0 fully saturated rings. The number of ether oxygens (including phenoxy) is 1. The zero-order valence-electron chi connectivity index (χ0n) is 19.6. The molecule has 1 heterocycles. The summed E-state index contributed by atoms with van der Waals surface area (Å²) in [6.07, 6.45) is 0.709. The number of aromatic nitrogens is 1. The first-order chi connectivity index (χ1) is 18.1. The normalized spacial score (nSPS) is 19.9. The number of aldehydes is 1. The predicted octanol–water partition coefficient (Wildman–Crippen LogP) is 1.56. The van der Waals surface area contributed by atoms with Crippen LogP contribution in [0.3, 0.4) is 0 Å². The zero-order chi connectivity index (χ0) is 27.3. The van der Waals surface area contributed by atoms with Gasteiger partial charge < -0.3 is 25.0 Å². The molecule has 38 heavy (non-hydrogen) atoms. The largest absolute Gasteiger partial charge is 0.507 e. The monoisotopic (exact) mass is 515 g/mol. The maximum atomic E-state index is 14.1. The molecule has 0 aliphatic heterocycles. The maximum Gasteiger partial charge on any atom is 0.260 e. The third kappa shape index (κ3) is 2.62. The first-order valence-corrected chi connectivity index (χ1v) is 11.5. The van der Waals surface area contributed by atoms with E-state index in [-0.39, 0.29) is 40.4 Å². The Balaban J connectivity index is 1.64. The Kier molecular flexibility index (Phi) is 4.59. The molecule has 190 valence electrons. The number of rotatable bonds is 2. The summed E-state index contributed by atoms with van der Waals surface area (Å²) in [4.78, 5) is 79.5. The number of nitrogens with one attached hydrogen (secondary N) is 1. The number of hydrogen-bond donors (Lipinski definition) is 4. The van der Waals surface area contributed by atoms with E-state index in [1.807, 2.05) is 0 Å². The number of Topliss-reactive ketones (excluding diaryl/α,β-unsaturated/α-hetero) is 3. The van der Waals surface area contributed by atoms with Gasteiger partial charge in [0.2, 0.25) is 5.78 Å². The molecule has 1 spiro atoms. The van der Waals surface area contributed by atoms with Crippen LogP contribution in [0.25, 0.3) is 10.8 Å². The van der Waals surface area contributed by atoms with Gasteiger partial charge in [-0.2, -0.15) is 0 Å². The molecular formula is C27H17NO10. The van der Waals surface area contributed by atoms with Crippen molar-refractivity contribution in [3.8, 4) is 17.2 Å². The number of carbonyl (C=O) groups excluding carboxylic acids is 5. The van der Waals surface area contributed by atoms with E-state index in [0.717, 1.165) is 13.2 Å². The van der Waals surface area contributed by atoms with Crippen LogP contribution in [0.2, 0.25) is 0 Å². The summed E-state index contributed by atoms with van der Waals surface area (Å²) < 4.78 is 4.91. The van der Waals surface area contributed by atoms with Gasteiger partial charge in [-0.3, -0.25) is 28.8 Å². The standard InChI is InChI=1S/C27H17NO10/c1-38-14-7-13(30)18-19(22(14)33)23(34)17-12(21(18)32)6-15(31)27(25(17)36)3-2-9-4-10-5-11(8-29)28-26(37)16(10)24(35)20(9)27/h4-5,7-8,32,34-35H,2-3,6H2,1H3,(H,28,37). The summed E-state index contributed by atoms with van der Waals surface area (Å²) >= 11 is 0. The number of allylic oxidation sites excluding steroid dienone is 2. The van der Waals surface area contributed by atoms with E-state index in [2.05, 4.69) is 4.98 Å². The molecule has 3 aliphatic carbocycles. The molecule has 3 aromatic rings. The van der Waals surface area contributed by atoms with Gasteiger partial charge in [0.1, 0.15) is 22.7 Å². The van der Waals surface area contributed by atoms with E-state index in [4.69, 9.17) is 4.74 Å². The molecule has 0 bridgehead atoms. The average Bonchev–Trinajstić information content (AvgIpc) is 3.27. The Hall–Kier alpha value is -5.06. The number of aromatic hydroxyl groups is 3. The smallest absolute Gasteiger partial charge is 0.260 e. The molecule has 2 aromatic carbocycles. The van der Waals surface area contributed by atoms with Crippen LogP contribution in [-0.2, 0) is 27.8 Å². The third-order valence-electron chi connectivity index (χ3n) is 7.69. The number of phenolic OH excluding ortho intramolecular Hbond substituents is 3. The van der Waals surface area contributed by atoms with E-state index in [1.165, 1.54) is 12.1 Å². The minimum absolute atomic E-state index is 0.0258. The molecule has 3 aliphatic rings. The van der Waals surface area contributed by atoms with Crippen molar-refractivity contribution in [2.24, 2.45) is 0 Å². The second kappa shape index (κ2) is 7.48. The summed E-state index contributed by atoms with van der Waals surface area (Å²) in [5.41, 5.74) is -4.55. The highest BCUT2D eigenvalue weighted by Crippen LogP contribution is 2.54. The Morgan fingerprint density at radius 2 is 1.71 bits per heavy atom. The Labute approximate surface area is 212 Å². The summed E-state index contributed by atoms with van der Waals surface area (Å²) in [7, 11) is 1.14. The fourth-order valence-electron chi connectivity index (χ4n) is 6.02. The van der Waals surface area contributed by atoms with Gasteiger partial charge >= 0.3 is 0 Å². The number of aromatic amines is 1. The second-order valence-corrected chi connectivity index (χ2v) is 9.44. The molecule has 0 radical (unpaired) electrons. The highest BCUT2D eigenvalue weighted by atomic mass is 16.5. The summed E-state index contributed by atoms with van der Waals surface area (Å²) in [6, 6.07) is 2.87. The van der Waals surface area contributed by atoms with Crippen LogP contribution in [0.15, 0.2) is 28.8 Å². The van der Waals surface area contributed by atoms with E-state index in [9.17, 15) is 44.1 Å². The van der Waals surface area contributed by atoms with Gasteiger partial charge in [-0.25, -0.2) is 0 Å². The first kappa shape index (κ1) is 23.3. The Bertz CT molecular complexity index is 1830. The number of methoxy groups -OCH3 is 1. The Morgan fingerprint density at radius 3 is 2.39 bits per heavy atom. The quantitative estimate of drug-likeness (QED) is 0.221. The van der Waals surface area contributed by atoms with Crippen molar-refractivity contribution in [3.05, 3.63) is 73.4 Å². The lowest BCUT2D eigenvalue weighted by atomic mass is 9.64. The fourth-order valence-corrected chi connectivity index (χ4v) is 6.02. The number of pyridine rings is 1. The lowest BCUT2D eigenvalue weighted by Crippen LogP contribution is -2.47. The molecule has 11 heteroatoms. The van der Waals surface area contributed by atoms with E-state index in [0.29, 0.717) is 11.8 Å². The zero-order valence-corrected chi connectivity index (χ0v) is 19.6. The van der Waals surface area contributed by atoms with Crippen LogP contribution in [0.4, 0.5) is 0 Å². The van der Waals surface area contributed by atoms with Crippen molar-refractivity contribution in [1.29, 1.82) is 0 Å². The van der Waals surface area contributed by atoms with Crippen molar-refractivity contribution in [1.82, 2.24) is 4.98 Å². The molecule has 6 rings (SSSR count). The van der Waals surface area contributed by atoms with Crippen LogP contribution in [0.5, 0.6) is 17.2 Å². The molecule has 4 N–H and O–H groups in total. The number of carbonyl (C=O) groups is 5. The maximum absolute atomic E-state index is 14.1. The number of ketones is 4. The van der Waals surface area contributed by atoms with Gasteiger partial charge in [0.25, 0.3) is 5.56 Å². The molecule has 1 unspecified atom stereocenters. The summed E-state index contributed by atoms with van der Waals surface area (Å²) in [5, 5.41) is 33.3. The predicted molar refractivity (Wildman–Crippen MR) is 128 cm³/mol. The van der Waals surface area contributed by atoms with Crippen molar-refractivity contribution in [3.63, 3.8) is 0 Å². The van der Waals surface area contributed by atoms with E-state index in [1.54, 1.807) is 0 Å². The van der Waals surface area contributed by atoms with Crippen molar-refractivity contribution < 1.29 is 44.0 Å². The second-order valence-electron chi connectivity index (χ2n) is 9.44. The highest BCUT2D eigenvalue weighted by Gasteiger charge is 2.57. The van der Waals surface area contributed by atoms with Crippen LogP contribution in [0.1, 0.15) is 64.7 Å². The van der Waals surface area contributed by atoms with E-state index >= 15 is 0 Å². The average molecular weight is 515 g/mol. The number of fused-ring (bicyclic) bond motifs is 5. The first-order valence-electron chi connectivity index (χ1n) is 11.5. The lowest BCUT2D eigenvalue weighted by molar-refractivity contribution is -0.122. The van der Waals surface area contributed by atoms with Crippen LogP contribution in [0, 0.1) is 0 Å². The van der Waals surface area contributed by atoms with Gasteiger partial charge in [-0.15, -0.1) is 0 Å². The lowest BCUT2D eigenvalue weighted by Gasteiger charge is -2.34. The summed E-state index contributed by atoms with van der Waals surface area (Å²) in [6.45, 7) is 0. The fraction of sp³-hybridized carbons (Fsp3) is 0.185. The number of benzene rings is 2. The molecule has 0 amide bonds. The van der Waals surface area contributed by atoms with Gasteiger partial charge in [0.15, 0.2) is 29.4 Å². The van der Waals surface area contributed by atoms with Crippen molar-refractivity contribution in [2.45, 2.75) is 24.7 Å². The molecule has 11 nitrogen and oxygen atoms in total. The topological polar surface area (TPSA) is 188 Å². The number of H-pyrrole nitrogens is 1. The molecule has 0 saturated carbocycles. The van der Waals surface area contributed by atoms with Crippen LogP contribution in [-0.4, -0.2) is 56.8 Å².